The van der Waals surface area contributed by atoms with Gasteiger partial charge in [-0.05, 0) is 49.1 Å². The number of halogens is 2. The van der Waals surface area contributed by atoms with E-state index in [4.69, 9.17) is 27.9 Å². The zero-order chi connectivity index (χ0) is 16.8. The molecule has 0 bridgehead atoms. The van der Waals surface area contributed by atoms with Crippen molar-refractivity contribution in [3.05, 3.63) is 58.1 Å². The van der Waals surface area contributed by atoms with Crippen LogP contribution in [0.5, 0.6) is 5.75 Å². The summed E-state index contributed by atoms with van der Waals surface area (Å²) in [5, 5.41) is 4.56. The molecule has 0 heterocycles. The van der Waals surface area contributed by atoms with Gasteiger partial charge >= 0.3 is 0 Å². The van der Waals surface area contributed by atoms with Gasteiger partial charge in [-0.2, -0.15) is 0 Å². The molecule has 2 nitrogen and oxygen atoms in total. The molecule has 0 saturated carbocycles. The quantitative estimate of drug-likeness (QED) is 0.624. The van der Waals surface area contributed by atoms with Gasteiger partial charge in [0.15, 0.2) is 0 Å². The molecule has 2 aromatic rings. The maximum Gasteiger partial charge on any atom is 0.123 e. The highest BCUT2D eigenvalue weighted by atomic mass is 35.5. The predicted molar refractivity (Wildman–Crippen MR) is 100 cm³/mol. The van der Waals surface area contributed by atoms with Crippen LogP contribution in [0.1, 0.15) is 38.7 Å². The summed E-state index contributed by atoms with van der Waals surface area (Å²) in [6, 6.07) is 13.7. The minimum absolute atomic E-state index is 0.0259. The van der Waals surface area contributed by atoms with Crippen LogP contribution in [0.25, 0.3) is 0 Å². The number of hydrogen-bond acceptors (Lipinski definition) is 2. The van der Waals surface area contributed by atoms with E-state index in [1.165, 1.54) is 5.56 Å². The van der Waals surface area contributed by atoms with E-state index in [9.17, 15) is 0 Å². The molecule has 0 fully saturated rings. The first-order chi connectivity index (χ1) is 11.0. The average Bonchev–Trinajstić information content (AvgIpc) is 2.52. The summed E-state index contributed by atoms with van der Waals surface area (Å²) in [5.41, 5.74) is 2.15. The second-order valence-electron chi connectivity index (χ2n) is 5.81. The molecule has 0 aromatic heterocycles. The molecule has 4 heteroatoms. The largest absolute Gasteiger partial charge is 0.489 e. The van der Waals surface area contributed by atoms with Crippen LogP contribution in [0.3, 0.4) is 0 Å². The van der Waals surface area contributed by atoms with Crippen molar-refractivity contribution in [2.24, 2.45) is 0 Å². The Labute approximate surface area is 148 Å². The standard InChI is InChI=1S/C19H23Cl2NO/c1-4-13(2)18-7-5-6-8-19(18)23-14(3)12-22-17-10-15(20)9-16(21)11-17/h5-11,13-14,22H,4,12H2,1-3H3. The van der Waals surface area contributed by atoms with E-state index in [1.807, 2.05) is 31.2 Å². The van der Waals surface area contributed by atoms with E-state index in [-0.39, 0.29) is 6.10 Å². The Kier molecular flexibility index (Phi) is 6.61. The predicted octanol–water partition coefficient (Wildman–Crippen LogP) is 6.39. The van der Waals surface area contributed by atoms with Crippen LogP contribution in [-0.4, -0.2) is 12.6 Å². The maximum atomic E-state index is 6.12. The van der Waals surface area contributed by atoms with Gasteiger partial charge in [-0.15, -0.1) is 0 Å². The van der Waals surface area contributed by atoms with E-state index >= 15 is 0 Å². The fourth-order valence-electron chi connectivity index (χ4n) is 2.39. The first-order valence-corrected chi connectivity index (χ1v) is 8.70. The zero-order valence-corrected chi connectivity index (χ0v) is 15.3. The molecule has 2 atom stereocenters. The number of hydrogen-bond donors (Lipinski definition) is 1. The lowest BCUT2D eigenvalue weighted by Crippen LogP contribution is -2.23. The monoisotopic (exact) mass is 351 g/mol. The Morgan fingerprint density at radius 1 is 1.04 bits per heavy atom. The normalized spacial score (nSPS) is 13.4. The Hall–Kier alpha value is -1.38. The van der Waals surface area contributed by atoms with E-state index < -0.39 is 0 Å². The molecule has 0 radical (unpaired) electrons. The number of para-hydroxylation sites is 1. The molecular weight excluding hydrogens is 329 g/mol. The Bertz CT molecular complexity index is 625. The van der Waals surface area contributed by atoms with Crippen molar-refractivity contribution in [3.63, 3.8) is 0 Å². The van der Waals surface area contributed by atoms with Crippen molar-refractivity contribution in [1.29, 1.82) is 0 Å². The van der Waals surface area contributed by atoms with E-state index in [1.54, 1.807) is 6.07 Å². The van der Waals surface area contributed by atoms with Crippen LogP contribution < -0.4 is 10.1 Å². The third kappa shape index (κ3) is 5.33. The summed E-state index contributed by atoms with van der Waals surface area (Å²) in [7, 11) is 0. The van der Waals surface area contributed by atoms with Crippen molar-refractivity contribution in [2.75, 3.05) is 11.9 Å². The fourth-order valence-corrected chi connectivity index (χ4v) is 2.92. The summed E-state index contributed by atoms with van der Waals surface area (Å²) in [6.07, 6.45) is 1.12. The summed E-state index contributed by atoms with van der Waals surface area (Å²) in [6.45, 7) is 7.13. The van der Waals surface area contributed by atoms with Crippen molar-refractivity contribution in [1.82, 2.24) is 0 Å². The second kappa shape index (κ2) is 8.47. The smallest absolute Gasteiger partial charge is 0.123 e. The minimum Gasteiger partial charge on any atom is -0.489 e. The second-order valence-corrected chi connectivity index (χ2v) is 6.69. The summed E-state index contributed by atoms with van der Waals surface area (Å²) in [5.74, 6) is 1.44. The first kappa shape index (κ1) is 18.0. The van der Waals surface area contributed by atoms with E-state index in [2.05, 4.69) is 31.3 Å². The van der Waals surface area contributed by atoms with Crippen molar-refractivity contribution in [2.45, 2.75) is 39.2 Å². The summed E-state index contributed by atoms with van der Waals surface area (Å²) in [4.78, 5) is 0. The van der Waals surface area contributed by atoms with Crippen LogP contribution in [-0.2, 0) is 0 Å². The van der Waals surface area contributed by atoms with Gasteiger partial charge in [0, 0.05) is 15.7 Å². The third-order valence-electron chi connectivity index (χ3n) is 3.85. The lowest BCUT2D eigenvalue weighted by molar-refractivity contribution is 0.231. The zero-order valence-electron chi connectivity index (χ0n) is 13.8. The third-order valence-corrected chi connectivity index (χ3v) is 4.28. The molecule has 124 valence electrons. The molecule has 0 amide bonds. The number of ether oxygens (including phenoxy) is 1. The van der Waals surface area contributed by atoms with E-state index in [0.717, 1.165) is 17.9 Å². The van der Waals surface area contributed by atoms with Crippen molar-refractivity contribution in [3.8, 4) is 5.75 Å². The van der Waals surface area contributed by atoms with Crippen LogP contribution in [0.15, 0.2) is 42.5 Å². The Balaban J connectivity index is 1.98. The van der Waals surface area contributed by atoms with Gasteiger partial charge in [-0.1, -0.05) is 55.2 Å². The molecule has 0 spiro atoms. The van der Waals surface area contributed by atoms with Gasteiger partial charge in [0.2, 0.25) is 0 Å². The van der Waals surface area contributed by atoms with Crippen molar-refractivity contribution >= 4 is 28.9 Å². The number of nitrogens with one attached hydrogen (secondary N) is 1. The number of anilines is 1. The van der Waals surface area contributed by atoms with Gasteiger partial charge in [-0.3, -0.25) is 0 Å². The topological polar surface area (TPSA) is 21.3 Å². The van der Waals surface area contributed by atoms with Crippen LogP contribution in [0, 0.1) is 0 Å². The Morgan fingerprint density at radius 2 is 1.70 bits per heavy atom. The van der Waals surface area contributed by atoms with Gasteiger partial charge in [0.1, 0.15) is 11.9 Å². The first-order valence-electron chi connectivity index (χ1n) is 7.95. The lowest BCUT2D eigenvalue weighted by Gasteiger charge is -2.20. The molecule has 0 saturated heterocycles. The maximum absolute atomic E-state index is 6.12. The van der Waals surface area contributed by atoms with E-state index in [0.29, 0.717) is 22.5 Å². The van der Waals surface area contributed by atoms with Crippen LogP contribution in [0.2, 0.25) is 10.0 Å². The molecule has 0 aliphatic rings. The summed E-state index contributed by atoms with van der Waals surface area (Å²) < 4.78 is 6.12. The van der Waals surface area contributed by atoms with Crippen LogP contribution in [0.4, 0.5) is 5.69 Å². The molecule has 2 aromatic carbocycles. The highest BCUT2D eigenvalue weighted by molar-refractivity contribution is 6.35. The Morgan fingerprint density at radius 3 is 2.35 bits per heavy atom. The molecule has 1 N–H and O–H groups in total. The molecule has 2 rings (SSSR count). The molecule has 0 aliphatic heterocycles. The highest BCUT2D eigenvalue weighted by Gasteiger charge is 2.12. The van der Waals surface area contributed by atoms with Gasteiger partial charge in [0.25, 0.3) is 0 Å². The SMILES string of the molecule is CCC(C)c1ccccc1OC(C)CNc1cc(Cl)cc(Cl)c1. The molecule has 0 aliphatic carbocycles. The van der Waals surface area contributed by atoms with Crippen LogP contribution >= 0.6 is 23.2 Å². The van der Waals surface area contributed by atoms with Crippen molar-refractivity contribution < 1.29 is 4.74 Å². The van der Waals surface area contributed by atoms with Gasteiger partial charge in [0.05, 0.1) is 6.54 Å². The van der Waals surface area contributed by atoms with Gasteiger partial charge < -0.3 is 10.1 Å². The highest BCUT2D eigenvalue weighted by Crippen LogP contribution is 2.29. The minimum atomic E-state index is 0.0259. The molecule has 23 heavy (non-hydrogen) atoms. The number of benzene rings is 2. The fraction of sp³-hybridized carbons (Fsp3) is 0.368. The molecular formula is C19H23Cl2NO. The molecule has 2 unspecified atom stereocenters. The van der Waals surface area contributed by atoms with Gasteiger partial charge in [-0.25, -0.2) is 0 Å². The number of rotatable bonds is 7. The summed E-state index contributed by atoms with van der Waals surface area (Å²) >= 11 is 12.0. The lowest BCUT2D eigenvalue weighted by atomic mass is 9.98. The average molecular weight is 352 g/mol.